The van der Waals surface area contributed by atoms with Crippen LogP contribution in [0.1, 0.15) is 61.8 Å². The lowest BCUT2D eigenvalue weighted by Gasteiger charge is -2.14. The SMILES string of the molecule is CC(=O)c1cnn(C2CCCCCC2)c1F. The molecule has 1 fully saturated rings. The number of hydrogen-bond donors (Lipinski definition) is 0. The third-order valence-electron chi connectivity index (χ3n) is 3.28. The molecular weight excluding hydrogens is 207 g/mol. The normalized spacial score (nSPS) is 18.4. The fourth-order valence-corrected chi connectivity index (χ4v) is 2.34. The lowest BCUT2D eigenvalue weighted by Crippen LogP contribution is -2.12. The summed E-state index contributed by atoms with van der Waals surface area (Å²) in [5.41, 5.74) is 0.115. The van der Waals surface area contributed by atoms with Gasteiger partial charge in [0.1, 0.15) is 0 Å². The highest BCUT2D eigenvalue weighted by Gasteiger charge is 2.21. The van der Waals surface area contributed by atoms with Crippen LogP contribution in [-0.4, -0.2) is 15.6 Å². The van der Waals surface area contributed by atoms with Crippen LogP contribution in [0.3, 0.4) is 0 Å². The first-order chi connectivity index (χ1) is 7.70. The van der Waals surface area contributed by atoms with Crippen molar-refractivity contribution in [1.29, 1.82) is 0 Å². The van der Waals surface area contributed by atoms with Crippen molar-refractivity contribution in [2.75, 3.05) is 0 Å². The molecule has 0 aromatic carbocycles. The van der Waals surface area contributed by atoms with E-state index in [1.807, 2.05) is 0 Å². The standard InChI is InChI=1S/C12H17FN2O/c1-9(16)11-8-14-15(12(11)13)10-6-4-2-3-5-7-10/h8,10H,2-7H2,1H3. The molecule has 1 heterocycles. The van der Waals surface area contributed by atoms with Gasteiger partial charge in [0.05, 0.1) is 17.8 Å². The van der Waals surface area contributed by atoms with Crippen molar-refractivity contribution in [3.63, 3.8) is 0 Å². The van der Waals surface area contributed by atoms with Gasteiger partial charge < -0.3 is 0 Å². The number of ketones is 1. The highest BCUT2D eigenvalue weighted by molar-refractivity contribution is 5.93. The summed E-state index contributed by atoms with van der Waals surface area (Å²) in [6, 6.07) is 0.135. The lowest BCUT2D eigenvalue weighted by molar-refractivity contribution is 0.101. The first-order valence-electron chi connectivity index (χ1n) is 5.94. The summed E-state index contributed by atoms with van der Waals surface area (Å²) in [6.45, 7) is 1.37. The molecule has 1 saturated carbocycles. The maximum absolute atomic E-state index is 13.9. The molecule has 16 heavy (non-hydrogen) atoms. The minimum Gasteiger partial charge on any atom is -0.294 e. The Bertz CT molecular complexity index is 378. The number of aromatic nitrogens is 2. The van der Waals surface area contributed by atoms with Crippen LogP contribution in [0, 0.1) is 5.95 Å². The van der Waals surface area contributed by atoms with E-state index >= 15 is 0 Å². The Balaban J connectivity index is 2.22. The van der Waals surface area contributed by atoms with E-state index in [1.165, 1.54) is 30.6 Å². The molecule has 0 aliphatic heterocycles. The second-order valence-corrected chi connectivity index (χ2v) is 4.50. The van der Waals surface area contributed by atoms with Gasteiger partial charge in [-0.25, -0.2) is 4.68 Å². The minimum absolute atomic E-state index is 0.115. The summed E-state index contributed by atoms with van der Waals surface area (Å²) in [5, 5.41) is 4.02. The highest BCUT2D eigenvalue weighted by Crippen LogP contribution is 2.28. The Morgan fingerprint density at radius 1 is 1.38 bits per heavy atom. The quantitative estimate of drug-likeness (QED) is 0.571. The molecule has 3 nitrogen and oxygen atoms in total. The molecule has 1 aliphatic carbocycles. The number of nitrogens with zero attached hydrogens (tertiary/aromatic N) is 2. The van der Waals surface area contributed by atoms with Crippen LogP contribution in [0.15, 0.2) is 6.20 Å². The molecule has 0 spiro atoms. The van der Waals surface area contributed by atoms with Crippen LogP contribution < -0.4 is 0 Å². The molecule has 1 aliphatic rings. The van der Waals surface area contributed by atoms with Crippen LogP contribution >= 0.6 is 0 Å². The third-order valence-corrected chi connectivity index (χ3v) is 3.28. The van der Waals surface area contributed by atoms with Crippen LogP contribution in [0.2, 0.25) is 0 Å². The van der Waals surface area contributed by atoms with Gasteiger partial charge in [-0.3, -0.25) is 4.79 Å². The van der Waals surface area contributed by atoms with Crippen molar-refractivity contribution in [1.82, 2.24) is 9.78 Å². The van der Waals surface area contributed by atoms with Crippen molar-refractivity contribution >= 4 is 5.78 Å². The number of halogens is 1. The monoisotopic (exact) mass is 224 g/mol. The molecule has 4 heteroatoms. The average molecular weight is 224 g/mol. The molecule has 0 amide bonds. The molecule has 1 aromatic heterocycles. The summed E-state index contributed by atoms with van der Waals surface area (Å²) < 4.78 is 15.3. The zero-order valence-electron chi connectivity index (χ0n) is 9.58. The van der Waals surface area contributed by atoms with Crippen molar-refractivity contribution in [3.8, 4) is 0 Å². The summed E-state index contributed by atoms with van der Waals surface area (Å²) >= 11 is 0. The van der Waals surface area contributed by atoms with Gasteiger partial charge in [0.15, 0.2) is 5.78 Å². The van der Waals surface area contributed by atoms with E-state index in [1.54, 1.807) is 0 Å². The van der Waals surface area contributed by atoms with Crippen molar-refractivity contribution in [2.24, 2.45) is 0 Å². The van der Waals surface area contributed by atoms with Gasteiger partial charge in [-0.2, -0.15) is 9.49 Å². The Hall–Kier alpha value is -1.19. The second-order valence-electron chi connectivity index (χ2n) is 4.50. The number of carbonyl (C=O) groups excluding carboxylic acids is 1. The van der Waals surface area contributed by atoms with Gasteiger partial charge in [-0.1, -0.05) is 25.7 Å². The molecule has 0 N–H and O–H groups in total. The van der Waals surface area contributed by atoms with Gasteiger partial charge in [0, 0.05) is 0 Å². The molecule has 1 aromatic rings. The molecule has 0 saturated heterocycles. The topological polar surface area (TPSA) is 34.9 Å². The maximum Gasteiger partial charge on any atom is 0.222 e. The molecule has 0 radical (unpaired) electrons. The Kier molecular flexibility index (Phi) is 3.36. The second kappa shape index (κ2) is 4.76. The Morgan fingerprint density at radius 2 is 2.00 bits per heavy atom. The molecule has 0 bridgehead atoms. The number of carbonyl (C=O) groups is 1. The zero-order chi connectivity index (χ0) is 11.5. The first-order valence-corrected chi connectivity index (χ1v) is 5.94. The molecular formula is C12H17FN2O. The summed E-state index contributed by atoms with van der Waals surface area (Å²) in [6.07, 6.45) is 7.98. The van der Waals surface area contributed by atoms with Crippen LogP contribution in [0.25, 0.3) is 0 Å². The average Bonchev–Trinajstić information content (AvgIpc) is 2.50. The van der Waals surface area contributed by atoms with Crippen LogP contribution in [0.5, 0.6) is 0 Å². The Labute approximate surface area is 94.6 Å². The predicted octanol–water partition coefficient (Wildman–Crippen LogP) is 3.12. The van der Waals surface area contributed by atoms with E-state index in [9.17, 15) is 9.18 Å². The van der Waals surface area contributed by atoms with Gasteiger partial charge in [-0.15, -0.1) is 0 Å². The van der Waals surface area contributed by atoms with E-state index in [2.05, 4.69) is 5.10 Å². The fraction of sp³-hybridized carbons (Fsp3) is 0.667. The van der Waals surface area contributed by atoms with Gasteiger partial charge in [0.2, 0.25) is 5.95 Å². The van der Waals surface area contributed by atoms with E-state index in [0.29, 0.717) is 0 Å². The van der Waals surface area contributed by atoms with E-state index in [4.69, 9.17) is 0 Å². The van der Waals surface area contributed by atoms with Crippen LogP contribution in [0.4, 0.5) is 4.39 Å². The molecule has 0 atom stereocenters. The smallest absolute Gasteiger partial charge is 0.222 e. The van der Waals surface area contributed by atoms with Gasteiger partial charge in [0.25, 0.3) is 0 Å². The third kappa shape index (κ3) is 2.15. The lowest BCUT2D eigenvalue weighted by atomic mass is 10.1. The molecule has 0 unspecified atom stereocenters. The Morgan fingerprint density at radius 3 is 2.50 bits per heavy atom. The largest absolute Gasteiger partial charge is 0.294 e. The van der Waals surface area contributed by atoms with Crippen molar-refractivity contribution in [3.05, 3.63) is 17.7 Å². The van der Waals surface area contributed by atoms with Crippen molar-refractivity contribution < 1.29 is 9.18 Å². The highest BCUT2D eigenvalue weighted by atomic mass is 19.1. The van der Waals surface area contributed by atoms with E-state index in [0.717, 1.165) is 25.7 Å². The number of hydrogen-bond acceptors (Lipinski definition) is 2. The van der Waals surface area contributed by atoms with E-state index < -0.39 is 5.95 Å². The van der Waals surface area contributed by atoms with Gasteiger partial charge >= 0.3 is 0 Å². The summed E-state index contributed by atoms with van der Waals surface area (Å²) in [7, 11) is 0. The van der Waals surface area contributed by atoms with Crippen LogP contribution in [-0.2, 0) is 0 Å². The zero-order valence-corrected chi connectivity index (χ0v) is 9.58. The predicted molar refractivity (Wildman–Crippen MR) is 58.9 cm³/mol. The van der Waals surface area contributed by atoms with E-state index in [-0.39, 0.29) is 17.4 Å². The van der Waals surface area contributed by atoms with Crippen molar-refractivity contribution in [2.45, 2.75) is 51.5 Å². The number of rotatable bonds is 2. The number of Topliss-reactive ketones (excluding diaryl/α,β-unsaturated/α-hetero) is 1. The molecule has 88 valence electrons. The fourth-order valence-electron chi connectivity index (χ4n) is 2.34. The summed E-state index contributed by atoms with van der Waals surface area (Å²) in [4.78, 5) is 11.1. The maximum atomic E-state index is 13.9. The minimum atomic E-state index is -0.459. The first kappa shape index (κ1) is 11.3. The van der Waals surface area contributed by atoms with Gasteiger partial charge in [-0.05, 0) is 19.8 Å². The molecule has 2 rings (SSSR count). The summed E-state index contributed by atoms with van der Waals surface area (Å²) in [5.74, 6) is -0.711.